The largest absolute Gasteiger partial charge is 0.352 e. The minimum atomic E-state index is -0.515. The van der Waals surface area contributed by atoms with Crippen molar-refractivity contribution in [2.75, 3.05) is 6.54 Å². The van der Waals surface area contributed by atoms with Gasteiger partial charge in [0.15, 0.2) is 0 Å². The van der Waals surface area contributed by atoms with Gasteiger partial charge < -0.3 is 5.32 Å². The highest BCUT2D eigenvalue weighted by molar-refractivity contribution is 9.10. The Hall–Kier alpha value is -1.43. The highest BCUT2D eigenvalue weighted by Gasteiger charge is 2.23. The van der Waals surface area contributed by atoms with Crippen molar-refractivity contribution in [3.8, 4) is 0 Å². The minimum absolute atomic E-state index is 0.0905. The fourth-order valence-electron chi connectivity index (χ4n) is 1.48. The zero-order chi connectivity index (χ0) is 15.5. The Labute approximate surface area is 127 Å². The summed E-state index contributed by atoms with van der Waals surface area (Å²) in [5.74, 6) is -0.0133. The molecule has 0 fully saturated rings. The van der Waals surface area contributed by atoms with E-state index in [-0.39, 0.29) is 27.0 Å². The maximum absolute atomic E-state index is 12.1. The summed E-state index contributed by atoms with van der Waals surface area (Å²) in [4.78, 5) is 22.4. The topological polar surface area (TPSA) is 72.2 Å². The van der Waals surface area contributed by atoms with Gasteiger partial charge in [0.05, 0.1) is 10.5 Å². The Kier molecular flexibility index (Phi) is 5.28. The molecule has 0 aliphatic carbocycles. The molecule has 1 rings (SSSR count). The van der Waals surface area contributed by atoms with Crippen LogP contribution in [-0.4, -0.2) is 17.4 Å². The van der Waals surface area contributed by atoms with E-state index in [4.69, 9.17) is 0 Å². The molecule has 1 N–H and O–H groups in total. The lowest BCUT2D eigenvalue weighted by Crippen LogP contribution is -2.33. The third-order valence-electron chi connectivity index (χ3n) is 3.47. The molecule has 0 aliphatic heterocycles. The minimum Gasteiger partial charge on any atom is -0.352 e. The average Bonchev–Trinajstić information content (AvgIpc) is 2.34. The number of carbonyl (C=O) groups excluding carboxylic acids is 1. The summed E-state index contributed by atoms with van der Waals surface area (Å²) in [5.41, 5.74) is 0.259. The van der Waals surface area contributed by atoms with Gasteiger partial charge in [0, 0.05) is 12.6 Å². The summed E-state index contributed by atoms with van der Waals surface area (Å²) in [6.07, 6.45) is 0. The number of nitrogens with one attached hydrogen (secondary N) is 1. The Balaban J connectivity index is 2.84. The molecule has 1 amide bonds. The van der Waals surface area contributed by atoms with Crippen molar-refractivity contribution >= 4 is 27.5 Å². The maximum Gasteiger partial charge on any atom is 0.284 e. The summed E-state index contributed by atoms with van der Waals surface area (Å²) >= 11 is 3.13. The van der Waals surface area contributed by atoms with Crippen LogP contribution >= 0.6 is 15.9 Å². The summed E-state index contributed by atoms with van der Waals surface area (Å²) in [6, 6.07) is 4.43. The van der Waals surface area contributed by atoms with Crippen molar-refractivity contribution in [3.05, 3.63) is 38.3 Å². The van der Waals surface area contributed by atoms with Crippen LogP contribution in [0.1, 0.15) is 38.1 Å². The highest BCUT2D eigenvalue weighted by Crippen LogP contribution is 2.28. The summed E-state index contributed by atoms with van der Waals surface area (Å²) in [6.45, 7) is 8.90. The van der Waals surface area contributed by atoms with Gasteiger partial charge in [-0.2, -0.15) is 0 Å². The van der Waals surface area contributed by atoms with E-state index in [1.807, 2.05) is 0 Å². The molecule has 0 spiro atoms. The number of hydrogen-bond donors (Lipinski definition) is 1. The van der Waals surface area contributed by atoms with Gasteiger partial charge in [-0.3, -0.25) is 14.9 Å². The van der Waals surface area contributed by atoms with Gasteiger partial charge in [-0.1, -0.05) is 33.8 Å². The molecule has 1 atom stereocenters. The first-order valence-electron chi connectivity index (χ1n) is 6.35. The summed E-state index contributed by atoms with van der Waals surface area (Å²) in [5, 5.41) is 13.7. The maximum atomic E-state index is 12.1. The van der Waals surface area contributed by atoms with Crippen molar-refractivity contribution in [1.82, 2.24) is 5.32 Å². The number of rotatable bonds is 4. The molecule has 0 saturated carbocycles. The normalized spacial score (nSPS) is 12.8. The number of nitro groups is 1. The van der Waals surface area contributed by atoms with Crippen molar-refractivity contribution in [2.24, 2.45) is 11.3 Å². The van der Waals surface area contributed by atoms with E-state index < -0.39 is 4.92 Å². The van der Waals surface area contributed by atoms with E-state index in [1.54, 1.807) is 6.07 Å². The van der Waals surface area contributed by atoms with Crippen molar-refractivity contribution < 1.29 is 9.72 Å². The van der Waals surface area contributed by atoms with Crippen LogP contribution in [0.2, 0.25) is 0 Å². The van der Waals surface area contributed by atoms with Gasteiger partial charge in [-0.15, -0.1) is 0 Å². The summed E-state index contributed by atoms with van der Waals surface area (Å²) in [7, 11) is 0. The number of nitrogens with zero attached hydrogens (tertiary/aromatic N) is 1. The predicted molar refractivity (Wildman–Crippen MR) is 81.7 cm³/mol. The SMILES string of the molecule is CC(CNC(=O)c1cccc([N+](=O)[O-])c1Br)C(C)(C)C. The van der Waals surface area contributed by atoms with Crippen LogP contribution in [0.5, 0.6) is 0 Å². The van der Waals surface area contributed by atoms with Crippen molar-refractivity contribution in [1.29, 1.82) is 0 Å². The van der Waals surface area contributed by atoms with Crippen molar-refractivity contribution in [3.63, 3.8) is 0 Å². The van der Waals surface area contributed by atoms with Gasteiger partial charge in [0.1, 0.15) is 4.47 Å². The molecule has 1 unspecified atom stereocenters. The molecule has 6 heteroatoms. The third kappa shape index (κ3) is 4.03. The van der Waals surface area contributed by atoms with E-state index in [0.29, 0.717) is 12.5 Å². The number of hydrogen-bond acceptors (Lipinski definition) is 3. The number of amides is 1. The van der Waals surface area contributed by atoms with Crippen LogP contribution in [0.25, 0.3) is 0 Å². The number of carbonyl (C=O) groups is 1. The zero-order valence-electron chi connectivity index (χ0n) is 12.1. The molecule has 0 radical (unpaired) electrons. The Morgan fingerprint density at radius 1 is 1.45 bits per heavy atom. The lowest BCUT2D eigenvalue weighted by atomic mass is 9.82. The lowest BCUT2D eigenvalue weighted by molar-refractivity contribution is -0.385. The molecule has 1 aromatic rings. The van der Waals surface area contributed by atoms with Crippen LogP contribution < -0.4 is 5.32 Å². The quantitative estimate of drug-likeness (QED) is 0.668. The predicted octanol–water partition coefficient (Wildman–Crippen LogP) is 3.77. The smallest absolute Gasteiger partial charge is 0.284 e. The molecule has 0 aromatic heterocycles. The van der Waals surface area contributed by atoms with Gasteiger partial charge >= 0.3 is 0 Å². The third-order valence-corrected chi connectivity index (χ3v) is 4.30. The first-order chi connectivity index (χ1) is 9.14. The lowest BCUT2D eigenvalue weighted by Gasteiger charge is -2.27. The molecule has 5 nitrogen and oxygen atoms in total. The Bertz CT molecular complexity index is 524. The van der Waals surface area contributed by atoms with E-state index >= 15 is 0 Å². The van der Waals surface area contributed by atoms with Crippen LogP contribution in [0.4, 0.5) is 5.69 Å². The number of halogens is 1. The van der Waals surface area contributed by atoms with E-state index in [9.17, 15) is 14.9 Å². The van der Waals surface area contributed by atoms with Crippen molar-refractivity contribution in [2.45, 2.75) is 27.7 Å². The molecule has 0 bridgehead atoms. The molecular weight excluding hydrogens is 324 g/mol. The van der Waals surface area contributed by atoms with Gasteiger partial charge in [-0.25, -0.2) is 0 Å². The van der Waals surface area contributed by atoms with E-state index in [1.165, 1.54) is 12.1 Å². The first kappa shape index (κ1) is 16.6. The fraction of sp³-hybridized carbons (Fsp3) is 0.500. The number of nitro benzene ring substituents is 1. The molecule has 0 aliphatic rings. The molecular formula is C14H19BrN2O3. The molecule has 0 heterocycles. The van der Waals surface area contributed by atoms with Crippen LogP contribution in [0.3, 0.4) is 0 Å². The second-order valence-corrected chi connectivity index (χ2v) is 6.67. The summed E-state index contributed by atoms with van der Waals surface area (Å²) < 4.78 is 0.214. The van der Waals surface area contributed by atoms with Crippen LogP contribution in [0, 0.1) is 21.4 Å². The second kappa shape index (κ2) is 6.35. The molecule has 20 heavy (non-hydrogen) atoms. The average molecular weight is 343 g/mol. The van der Waals surface area contributed by atoms with Gasteiger partial charge in [0.2, 0.25) is 0 Å². The van der Waals surface area contributed by atoms with E-state index in [2.05, 4.69) is 48.9 Å². The molecule has 1 aromatic carbocycles. The van der Waals surface area contributed by atoms with Gasteiger partial charge in [0.25, 0.3) is 11.6 Å². The molecule has 110 valence electrons. The van der Waals surface area contributed by atoms with Crippen LogP contribution in [-0.2, 0) is 0 Å². The van der Waals surface area contributed by atoms with Crippen LogP contribution in [0.15, 0.2) is 22.7 Å². The Morgan fingerprint density at radius 3 is 2.55 bits per heavy atom. The molecule has 0 saturated heterocycles. The fourth-order valence-corrected chi connectivity index (χ4v) is 2.07. The Morgan fingerprint density at radius 2 is 2.05 bits per heavy atom. The zero-order valence-corrected chi connectivity index (χ0v) is 13.7. The van der Waals surface area contributed by atoms with E-state index in [0.717, 1.165) is 0 Å². The standard InChI is InChI=1S/C14H19BrN2O3/c1-9(14(2,3)4)8-16-13(18)10-6-5-7-11(12(10)15)17(19)20/h5-7,9H,8H2,1-4H3,(H,16,18). The number of benzene rings is 1. The second-order valence-electron chi connectivity index (χ2n) is 5.87. The monoisotopic (exact) mass is 342 g/mol. The van der Waals surface area contributed by atoms with Gasteiger partial charge in [-0.05, 0) is 33.3 Å². The highest BCUT2D eigenvalue weighted by atomic mass is 79.9. The first-order valence-corrected chi connectivity index (χ1v) is 7.15.